The second-order valence-electron chi connectivity index (χ2n) is 8.22. The molecule has 0 radical (unpaired) electrons. The average molecular weight is 440 g/mol. The van der Waals surface area contributed by atoms with Crippen LogP contribution in [0.1, 0.15) is 18.5 Å². The Bertz CT molecular complexity index is 1360. The summed E-state index contributed by atoms with van der Waals surface area (Å²) in [6, 6.07) is 22.0. The number of nitrogens with one attached hydrogen (secondary N) is 1. The molecule has 1 saturated heterocycles. The van der Waals surface area contributed by atoms with E-state index in [1.807, 2.05) is 60.7 Å². The fourth-order valence-corrected chi connectivity index (χ4v) is 4.63. The van der Waals surface area contributed by atoms with Gasteiger partial charge in [0.25, 0.3) is 5.56 Å². The lowest BCUT2D eigenvalue weighted by Gasteiger charge is -2.33. The van der Waals surface area contributed by atoms with E-state index in [1.165, 1.54) is 4.52 Å². The quantitative estimate of drug-likeness (QED) is 0.507. The predicted octanol–water partition coefficient (Wildman–Crippen LogP) is 4.04. The first-order valence-electron chi connectivity index (χ1n) is 11.1. The Morgan fingerprint density at radius 3 is 2.30 bits per heavy atom. The van der Waals surface area contributed by atoms with Crippen LogP contribution in [0.3, 0.4) is 0 Å². The molecule has 7 nitrogen and oxygen atoms in total. The number of nitrogens with zero attached hydrogens (tertiary/aromatic N) is 4. The van der Waals surface area contributed by atoms with Crippen LogP contribution in [0.5, 0.6) is 0 Å². The van der Waals surface area contributed by atoms with Crippen LogP contribution in [0.25, 0.3) is 28.0 Å². The van der Waals surface area contributed by atoms with Crippen molar-refractivity contribution in [3.63, 3.8) is 0 Å². The summed E-state index contributed by atoms with van der Waals surface area (Å²) in [5.74, 6) is 0. The molecule has 0 amide bonds. The van der Waals surface area contributed by atoms with Gasteiger partial charge in [-0.2, -0.15) is 9.78 Å². The number of H-pyrrole nitrogens is 1. The molecule has 2 aromatic carbocycles. The van der Waals surface area contributed by atoms with Crippen molar-refractivity contribution in [1.29, 1.82) is 5.26 Å². The molecule has 0 aliphatic carbocycles. The number of nitriles is 1. The highest BCUT2D eigenvalue weighted by Gasteiger charge is 2.27. The molecular weight excluding hydrogens is 414 g/mol. The Hall–Kier alpha value is -3.89. The van der Waals surface area contributed by atoms with Crippen LogP contribution in [-0.4, -0.2) is 40.9 Å². The van der Waals surface area contributed by atoms with Crippen molar-refractivity contribution in [2.24, 2.45) is 0 Å². The minimum atomic E-state index is -0.180. The number of methoxy groups -OCH3 is 1. The number of piperidine rings is 1. The third kappa shape index (κ3) is 3.79. The van der Waals surface area contributed by atoms with Crippen LogP contribution in [0, 0.1) is 11.3 Å². The van der Waals surface area contributed by atoms with Gasteiger partial charge in [0.2, 0.25) is 0 Å². The van der Waals surface area contributed by atoms with Gasteiger partial charge in [-0.25, -0.2) is 4.98 Å². The van der Waals surface area contributed by atoms with Gasteiger partial charge in [-0.1, -0.05) is 60.7 Å². The summed E-state index contributed by atoms with van der Waals surface area (Å²) in [6.45, 7) is 1.38. The van der Waals surface area contributed by atoms with E-state index in [0.29, 0.717) is 30.1 Å². The van der Waals surface area contributed by atoms with E-state index in [0.717, 1.165) is 35.2 Å². The van der Waals surface area contributed by atoms with E-state index >= 15 is 0 Å². The van der Waals surface area contributed by atoms with Crippen LogP contribution < -0.4 is 10.5 Å². The van der Waals surface area contributed by atoms with Crippen molar-refractivity contribution in [3.8, 4) is 28.5 Å². The van der Waals surface area contributed by atoms with Crippen LogP contribution in [0.4, 0.5) is 5.69 Å². The molecule has 0 atom stereocenters. The molecule has 0 saturated carbocycles. The van der Waals surface area contributed by atoms with Gasteiger partial charge in [-0.3, -0.25) is 9.89 Å². The van der Waals surface area contributed by atoms with Gasteiger partial charge < -0.3 is 9.64 Å². The second-order valence-corrected chi connectivity index (χ2v) is 8.22. The highest BCUT2D eigenvalue weighted by atomic mass is 16.5. The lowest BCUT2D eigenvalue weighted by atomic mass is 10.0. The summed E-state index contributed by atoms with van der Waals surface area (Å²) in [7, 11) is 1.72. The topological polar surface area (TPSA) is 86.4 Å². The number of anilines is 1. The van der Waals surface area contributed by atoms with Gasteiger partial charge in [0, 0.05) is 25.8 Å². The normalized spacial score (nSPS) is 14.5. The highest BCUT2D eigenvalue weighted by Crippen LogP contribution is 2.35. The molecule has 1 N–H and O–H groups in total. The summed E-state index contributed by atoms with van der Waals surface area (Å²) in [5.41, 5.74) is 4.97. The molecule has 5 rings (SSSR count). The Labute approximate surface area is 191 Å². The maximum atomic E-state index is 13.8. The molecule has 4 aromatic rings. The van der Waals surface area contributed by atoms with Gasteiger partial charge >= 0.3 is 0 Å². The number of rotatable bonds is 5. The van der Waals surface area contributed by atoms with E-state index < -0.39 is 0 Å². The van der Waals surface area contributed by atoms with E-state index in [-0.39, 0.29) is 18.1 Å². The highest BCUT2D eigenvalue weighted by molar-refractivity contribution is 5.90. The predicted molar refractivity (Wildman–Crippen MR) is 128 cm³/mol. The maximum Gasteiger partial charge on any atom is 0.296 e. The largest absolute Gasteiger partial charge is 0.381 e. The van der Waals surface area contributed by atoms with Crippen molar-refractivity contribution in [2.75, 3.05) is 25.1 Å². The van der Waals surface area contributed by atoms with E-state index in [2.05, 4.69) is 16.1 Å². The molecule has 1 aliphatic rings. The molecule has 166 valence electrons. The minimum Gasteiger partial charge on any atom is -0.381 e. The van der Waals surface area contributed by atoms with Gasteiger partial charge in [0.15, 0.2) is 5.65 Å². The molecule has 0 bridgehead atoms. The molecular formula is C26H25N5O2. The minimum absolute atomic E-state index is 0.0748. The maximum absolute atomic E-state index is 13.8. The first-order valence-corrected chi connectivity index (χ1v) is 11.1. The molecule has 33 heavy (non-hydrogen) atoms. The van der Waals surface area contributed by atoms with Gasteiger partial charge in [-0.15, -0.1) is 0 Å². The standard InChI is InChI=1S/C26H25N5O2/c1-33-20-13-16-30(17-14-20)24-21(12-15-27)28-25-22(18-8-4-2-5-9-18)23(29-31(25)26(24)32)19-10-6-3-7-11-19/h2-11,20,29H,12-14,16-17H2,1H3. The average Bonchev–Trinajstić information content (AvgIpc) is 3.25. The molecule has 1 fully saturated rings. The Morgan fingerprint density at radius 1 is 1.06 bits per heavy atom. The zero-order valence-corrected chi connectivity index (χ0v) is 18.5. The number of hydrogen-bond donors (Lipinski definition) is 1. The summed E-state index contributed by atoms with van der Waals surface area (Å²) in [4.78, 5) is 20.8. The summed E-state index contributed by atoms with van der Waals surface area (Å²) >= 11 is 0. The molecule has 1 aliphatic heterocycles. The number of aromatic nitrogens is 3. The van der Waals surface area contributed by atoms with E-state index in [4.69, 9.17) is 9.72 Å². The monoisotopic (exact) mass is 439 g/mol. The summed E-state index contributed by atoms with van der Waals surface area (Å²) < 4.78 is 7.02. The lowest BCUT2D eigenvalue weighted by molar-refractivity contribution is 0.0818. The second kappa shape index (κ2) is 8.93. The van der Waals surface area contributed by atoms with Crippen molar-refractivity contribution < 1.29 is 4.74 Å². The number of hydrogen-bond acceptors (Lipinski definition) is 5. The third-order valence-corrected chi connectivity index (χ3v) is 6.29. The molecule has 7 heteroatoms. The Kier molecular flexibility index (Phi) is 5.68. The fraction of sp³-hybridized carbons (Fsp3) is 0.269. The van der Waals surface area contributed by atoms with Gasteiger partial charge in [-0.05, 0) is 18.4 Å². The number of fused-ring (bicyclic) bond motifs is 1. The smallest absolute Gasteiger partial charge is 0.296 e. The number of ether oxygens (including phenoxy) is 1. The van der Waals surface area contributed by atoms with E-state index in [9.17, 15) is 10.1 Å². The first-order chi connectivity index (χ1) is 16.2. The first kappa shape index (κ1) is 21.0. The Morgan fingerprint density at radius 2 is 1.70 bits per heavy atom. The van der Waals surface area contributed by atoms with Crippen LogP contribution in [0.15, 0.2) is 65.5 Å². The zero-order chi connectivity index (χ0) is 22.8. The van der Waals surface area contributed by atoms with Crippen LogP contribution >= 0.6 is 0 Å². The molecule has 0 spiro atoms. The molecule has 2 aromatic heterocycles. The van der Waals surface area contributed by atoms with Crippen molar-refractivity contribution in [1.82, 2.24) is 14.6 Å². The van der Waals surface area contributed by atoms with E-state index in [1.54, 1.807) is 7.11 Å². The van der Waals surface area contributed by atoms with Crippen molar-refractivity contribution in [3.05, 3.63) is 76.7 Å². The Balaban J connectivity index is 1.76. The van der Waals surface area contributed by atoms with Crippen molar-refractivity contribution in [2.45, 2.75) is 25.4 Å². The number of aromatic amines is 1. The SMILES string of the molecule is COC1CCN(c2c(CC#N)nc3c(-c4ccccc4)c(-c4ccccc4)[nH]n3c2=O)CC1. The summed E-state index contributed by atoms with van der Waals surface area (Å²) in [6.07, 6.45) is 1.94. The third-order valence-electron chi connectivity index (χ3n) is 6.29. The van der Waals surface area contributed by atoms with Crippen LogP contribution in [0.2, 0.25) is 0 Å². The van der Waals surface area contributed by atoms with Crippen LogP contribution in [-0.2, 0) is 11.2 Å². The van der Waals surface area contributed by atoms with Crippen molar-refractivity contribution >= 4 is 11.3 Å². The molecule has 3 heterocycles. The molecule has 0 unspecified atom stereocenters. The van der Waals surface area contributed by atoms with Gasteiger partial charge in [0.1, 0.15) is 5.69 Å². The fourth-order valence-electron chi connectivity index (χ4n) is 4.63. The summed E-state index contributed by atoms with van der Waals surface area (Å²) in [5, 5.41) is 12.8. The lowest BCUT2D eigenvalue weighted by Crippen LogP contribution is -2.41. The zero-order valence-electron chi connectivity index (χ0n) is 18.5. The number of benzene rings is 2. The van der Waals surface area contributed by atoms with Gasteiger partial charge in [0.05, 0.1) is 35.5 Å².